The molecule has 7 heteroatoms. The van der Waals surface area contributed by atoms with E-state index >= 15 is 0 Å². The van der Waals surface area contributed by atoms with Crippen LogP contribution in [0.4, 0.5) is 0 Å². The van der Waals surface area contributed by atoms with Crippen molar-refractivity contribution in [3.05, 3.63) is 45.2 Å². The Balaban J connectivity index is 1.92. The second kappa shape index (κ2) is 8.42. The number of nitrogens with zero attached hydrogens (tertiary/aromatic N) is 2. The Morgan fingerprint density at radius 3 is 2.73 bits per heavy atom. The summed E-state index contributed by atoms with van der Waals surface area (Å²) in [6.07, 6.45) is 3.50. The van der Waals surface area contributed by atoms with E-state index in [1.165, 1.54) is 0 Å². The van der Waals surface area contributed by atoms with E-state index in [1.807, 2.05) is 19.9 Å². The average molecular weight is 396 g/mol. The summed E-state index contributed by atoms with van der Waals surface area (Å²) in [5.74, 6) is -0.0967. The fourth-order valence-corrected chi connectivity index (χ4v) is 3.56. The number of aryl methyl sites for hydroxylation is 1. The molecule has 0 bridgehead atoms. The van der Waals surface area contributed by atoms with Gasteiger partial charge in [-0.2, -0.15) is 5.10 Å². The van der Waals surface area contributed by atoms with E-state index in [0.717, 1.165) is 36.5 Å². The average Bonchev–Trinajstić information content (AvgIpc) is 3.28. The topological polar surface area (TPSA) is 56.2 Å². The molecule has 0 spiro atoms. The van der Waals surface area contributed by atoms with Gasteiger partial charge in [0.1, 0.15) is 0 Å². The van der Waals surface area contributed by atoms with Gasteiger partial charge in [0.2, 0.25) is 0 Å². The maximum atomic E-state index is 12.9. The van der Waals surface area contributed by atoms with Crippen molar-refractivity contribution in [1.82, 2.24) is 15.1 Å². The minimum Gasteiger partial charge on any atom is -0.376 e. The van der Waals surface area contributed by atoms with Crippen LogP contribution in [0, 0.1) is 0 Å². The lowest BCUT2D eigenvalue weighted by atomic mass is 10.1. The van der Waals surface area contributed by atoms with Crippen LogP contribution >= 0.6 is 23.2 Å². The van der Waals surface area contributed by atoms with Gasteiger partial charge >= 0.3 is 0 Å². The summed E-state index contributed by atoms with van der Waals surface area (Å²) in [6, 6.07) is 5.36. The molecule has 1 aromatic carbocycles. The second-order valence-electron chi connectivity index (χ2n) is 6.33. The molecule has 3 rings (SSSR count). The van der Waals surface area contributed by atoms with Gasteiger partial charge in [-0.25, -0.2) is 4.68 Å². The molecule has 0 unspecified atom stereocenters. The zero-order valence-corrected chi connectivity index (χ0v) is 16.5. The summed E-state index contributed by atoms with van der Waals surface area (Å²) in [4.78, 5) is 12.9. The first-order chi connectivity index (χ1) is 12.5. The monoisotopic (exact) mass is 395 g/mol. The maximum Gasteiger partial charge on any atom is 0.255 e. The van der Waals surface area contributed by atoms with Crippen LogP contribution in [0.2, 0.25) is 10.0 Å². The summed E-state index contributed by atoms with van der Waals surface area (Å²) < 4.78 is 7.38. The minimum atomic E-state index is -0.0967. The van der Waals surface area contributed by atoms with Crippen LogP contribution < -0.4 is 5.32 Å². The highest BCUT2D eigenvalue weighted by molar-refractivity contribution is 6.42. The summed E-state index contributed by atoms with van der Waals surface area (Å²) in [5.41, 5.74) is 3.09. The summed E-state index contributed by atoms with van der Waals surface area (Å²) in [6.45, 7) is 5.32. The van der Waals surface area contributed by atoms with Gasteiger partial charge in [-0.1, -0.05) is 37.0 Å². The van der Waals surface area contributed by atoms with Crippen LogP contribution in [0.3, 0.4) is 0 Å². The molecule has 2 aromatic rings. The van der Waals surface area contributed by atoms with Gasteiger partial charge in [0, 0.05) is 13.2 Å². The molecule has 26 heavy (non-hydrogen) atoms. The van der Waals surface area contributed by atoms with E-state index < -0.39 is 0 Å². The lowest BCUT2D eigenvalue weighted by molar-refractivity contribution is 0.0856. The molecule has 140 valence electrons. The molecule has 1 aromatic heterocycles. The van der Waals surface area contributed by atoms with Crippen LogP contribution in [0.1, 0.15) is 48.4 Å². The molecule has 1 N–H and O–H groups in total. The highest BCUT2D eigenvalue weighted by Crippen LogP contribution is 2.27. The zero-order valence-electron chi connectivity index (χ0n) is 15.0. The van der Waals surface area contributed by atoms with Crippen molar-refractivity contribution in [1.29, 1.82) is 0 Å². The van der Waals surface area contributed by atoms with Crippen LogP contribution in [0.5, 0.6) is 0 Å². The molecule has 1 aliphatic heterocycles. The van der Waals surface area contributed by atoms with Crippen molar-refractivity contribution in [3.63, 3.8) is 0 Å². The Bertz CT molecular complexity index is 798. The number of rotatable bonds is 6. The van der Waals surface area contributed by atoms with Gasteiger partial charge in [0.15, 0.2) is 0 Å². The van der Waals surface area contributed by atoms with Crippen molar-refractivity contribution in [2.45, 2.75) is 45.6 Å². The number of nitrogens with one attached hydrogen (secondary N) is 1. The third kappa shape index (κ3) is 3.90. The third-order valence-electron chi connectivity index (χ3n) is 4.61. The molecule has 0 radical (unpaired) electrons. The standard InChI is InChI=1S/C19H23Cl2N3O2/c1-3-16-18(19(25)22-11-13-6-5-9-26-13)17(4-2)24(23-16)12-7-8-14(20)15(21)10-12/h7-8,10,13H,3-6,9,11H2,1-2H3,(H,22,25)/t13-/m1/s1. The molecule has 0 saturated carbocycles. The van der Waals surface area contributed by atoms with E-state index in [4.69, 9.17) is 27.9 Å². The summed E-state index contributed by atoms with van der Waals surface area (Å²) in [5, 5.41) is 8.63. The first-order valence-electron chi connectivity index (χ1n) is 9.01. The molecule has 2 heterocycles. The number of carbonyl (C=O) groups is 1. The lowest BCUT2D eigenvalue weighted by Crippen LogP contribution is -2.32. The lowest BCUT2D eigenvalue weighted by Gasteiger charge is -2.12. The van der Waals surface area contributed by atoms with E-state index in [9.17, 15) is 4.79 Å². The first kappa shape index (κ1) is 19.2. The number of halogens is 2. The summed E-state index contributed by atoms with van der Waals surface area (Å²) >= 11 is 12.2. The number of carbonyl (C=O) groups excluding carboxylic acids is 1. The van der Waals surface area contributed by atoms with E-state index in [-0.39, 0.29) is 12.0 Å². The number of hydrogen-bond acceptors (Lipinski definition) is 3. The molecule has 1 fully saturated rings. The highest BCUT2D eigenvalue weighted by atomic mass is 35.5. The van der Waals surface area contributed by atoms with Gasteiger partial charge in [-0.3, -0.25) is 4.79 Å². The fourth-order valence-electron chi connectivity index (χ4n) is 3.27. The Hall–Kier alpha value is -1.56. The van der Waals surface area contributed by atoms with E-state index in [1.54, 1.807) is 16.8 Å². The number of ether oxygens (including phenoxy) is 1. The van der Waals surface area contributed by atoms with Crippen LogP contribution in [0.15, 0.2) is 18.2 Å². The minimum absolute atomic E-state index is 0.0967. The normalized spacial score (nSPS) is 16.8. The van der Waals surface area contributed by atoms with Crippen molar-refractivity contribution in [3.8, 4) is 5.69 Å². The van der Waals surface area contributed by atoms with Crippen LogP contribution in [-0.2, 0) is 17.6 Å². The number of aromatic nitrogens is 2. The molecule has 0 aliphatic carbocycles. The molecular weight excluding hydrogens is 373 g/mol. The molecule has 1 amide bonds. The quantitative estimate of drug-likeness (QED) is 0.796. The van der Waals surface area contributed by atoms with Crippen molar-refractivity contribution >= 4 is 29.1 Å². The van der Waals surface area contributed by atoms with Crippen LogP contribution in [0.25, 0.3) is 5.69 Å². The highest BCUT2D eigenvalue weighted by Gasteiger charge is 2.24. The molecule has 1 saturated heterocycles. The van der Waals surface area contributed by atoms with Gasteiger partial charge < -0.3 is 10.1 Å². The zero-order chi connectivity index (χ0) is 18.7. The van der Waals surface area contributed by atoms with Crippen LogP contribution in [-0.4, -0.2) is 34.9 Å². The number of benzene rings is 1. The SMILES string of the molecule is CCc1nn(-c2ccc(Cl)c(Cl)c2)c(CC)c1C(=O)NC[C@H]1CCCO1. The number of amides is 1. The summed E-state index contributed by atoms with van der Waals surface area (Å²) in [7, 11) is 0. The molecule has 5 nitrogen and oxygen atoms in total. The van der Waals surface area contributed by atoms with E-state index in [2.05, 4.69) is 10.4 Å². The largest absolute Gasteiger partial charge is 0.376 e. The smallest absolute Gasteiger partial charge is 0.255 e. The van der Waals surface area contributed by atoms with Gasteiger partial charge in [-0.05, 0) is 43.9 Å². The maximum absolute atomic E-state index is 12.9. The molecular formula is C19H23Cl2N3O2. The fraction of sp³-hybridized carbons (Fsp3) is 0.474. The predicted molar refractivity (Wildman–Crippen MR) is 104 cm³/mol. The van der Waals surface area contributed by atoms with Crippen molar-refractivity contribution in [2.24, 2.45) is 0 Å². The van der Waals surface area contributed by atoms with Crippen molar-refractivity contribution in [2.75, 3.05) is 13.2 Å². The van der Waals surface area contributed by atoms with E-state index in [0.29, 0.717) is 35.0 Å². The Kier molecular flexibility index (Phi) is 6.22. The Morgan fingerprint density at radius 2 is 2.12 bits per heavy atom. The molecule has 1 atom stereocenters. The number of hydrogen-bond donors (Lipinski definition) is 1. The van der Waals surface area contributed by atoms with Gasteiger partial charge in [-0.15, -0.1) is 0 Å². The predicted octanol–water partition coefficient (Wildman–Crippen LogP) is 4.21. The molecule has 1 aliphatic rings. The third-order valence-corrected chi connectivity index (χ3v) is 5.35. The Morgan fingerprint density at radius 1 is 1.31 bits per heavy atom. The van der Waals surface area contributed by atoms with Gasteiger partial charge in [0.05, 0.1) is 38.8 Å². The van der Waals surface area contributed by atoms with Crippen molar-refractivity contribution < 1.29 is 9.53 Å². The second-order valence-corrected chi connectivity index (χ2v) is 7.15. The Labute approximate surface area is 163 Å². The van der Waals surface area contributed by atoms with Gasteiger partial charge in [0.25, 0.3) is 5.91 Å². The first-order valence-corrected chi connectivity index (χ1v) is 9.76.